The number of nitrogens with zero attached hydrogens (tertiary/aromatic N) is 3. The summed E-state index contributed by atoms with van der Waals surface area (Å²) < 4.78 is 11.3. The number of imidazole rings is 1. The lowest BCUT2D eigenvalue weighted by molar-refractivity contribution is 0.0765. The Morgan fingerprint density at radius 1 is 1.24 bits per heavy atom. The van der Waals surface area contributed by atoms with Crippen molar-refractivity contribution in [1.29, 1.82) is 0 Å². The van der Waals surface area contributed by atoms with Crippen molar-refractivity contribution in [2.24, 2.45) is 0 Å². The second-order valence-corrected chi connectivity index (χ2v) is 12.3. The summed E-state index contributed by atoms with van der Waals surface area (Å²) in [6, 6.07) is 7.75. The lowest BCUT2D eigenvalue weighted by Crippen LogP contribution is -2.35. The summed E-state index contributed by atoms with van der Waals surface area (Å²) >= 11 is 1.74. The first kappa shape index (κ1) is 26.3. The summed E-state index contributed by atoms with van der Waals surface area (Å²) in [6.45, 7) is 5.39. The number of benzene rings is 1. The number of thiophene rings is 1. The van der Waals surface area contributed by atoms with Crippen LogP contribution in [-0.2, 0) is 23.8 Å². The minimum Gasteiger partial charge on any atom is -0.384 e. The zero-order valence-corrected chi connectivity index (χ0v) is 23.4. The van der Waals surface area contributed by atoms with Gasteiger partial charge in [0.2, 0.25) is 0 Å². The summed E-state index contributed by atoms with van der Waals surface area (Å²) in [5.41, 5.74) is 5.26. The van der Waals surface area contributed by atoms with Crippen LogP contribution in [0.15, 0.2) is 40.6 Å². The van der Waals surface area contributed by atoms with Gasteiger partial charge in [-0.1, -0.05) is 0 Å². The van der Waals surface area contributed by atoms with Gasteiger partial charge in [-0.2, -0.15) is 0 Å². The normalized spacial score (nSPS) is 14.0. The van der Waals surface area contributed by atoms with E-state index in [4.69, 9.17) is 4.98 Å². The number of anilines is 1. The van der Waals surface area contributed by atoms with Gasteiger partial charge < -0.3 is 25.1 Å². The number of fused-ring (bicyclic) bond motifs is 2. The molecule has 3 aromatic heterocycles. The van der Waals surface area contributed by atoms with E-state index in [0.717, 1.165) is 30.6 Å². The Kier molecular flexibility index (Phi) is 7.78. The summed E-state index contributed by atoms with van der Waals surface area (Å²) in [7, 11) is 1.15. The first-order chi connectivity index (χ1) is 18.3. The number of pyridine rings is 1. The summed E-state index contributed by atoms with van der Waals surface area (Å²) in [5.74, 6) is 1.08. The van der Waals surface area contributed by atoms with E-state index in [1.807, 2.05) is 30.1 Å². The van der Waals surface area contributed by atoms with Gasteiger partial charge in [-0.3, -0.25) is 13.8 Å². The maximum absolute atomic E-state index is 13.1. The fourth-order valence-electron chi connectivity index (χ4n) is 4.70. The van der Waals surface area contributed by atoms with Gasteiger partial charge in [-0.25, -0.2) is 4.98 Å². The number of aromatic amines is 2. The number of nitrogens with one attached hydrogen (secondary N) is 3. The molecular weight excluding hydrogens is 520 g/mol. The van der Waals surface area contributed by atoms with Gasteiger partial charge in [0.05, 0.1) is 16.7 Å². The molecule has 1 atom stereocenters. The lowest BCUT2D eigenvalue weighted by Gasteiger charge is -2.21. The molecule has 4 aromatic rings. The van der Waals surface area contributed by atoms with Gasteiger partial charge in [-0.05, 0) is 61.2 Å². The predicted octanol–water partition coefficient (Wildman–Crippen LogP) is 3.21. The largest absolute Gasteiger partial charge is 0.384 e. The number of carbonyl (C=O) groups excluding carboxylic acids is 1. The molecule has 0 aliphatic carbocycles. The van der Waals surface area contributed by atoms with Crippen LogP contribution in [0.2, 0.25) is 0 Å². The molecule has 3 N–H and O–H groups in total. The Morgan fingerprint density at radius 3 is 2.84 bits per heavy atom. The summed E-state index contributed by atoms with van der Waals surface area (Å²) in [5, 5.41) is 5.50. The molecule has 0 fully saturated rings. The standard InChI is InChI=1S/C27H32N6O3S2/c1-17-6-12-37-23(17)5-8-28-20-4-7-29-26(34)24(20)25-30-21-14-18-16-33(10-9-32(2)11-13-38(3)36)27(35)19(18)15-22(21)31-25/h4,6-7,12,14-15H,5,8-11,13,16H2,1-3H3,(H,30,31)(H2,28,29,34). The number of hydrogen-bond acceptors (Lipinski definition) is 7. The van der Waals surface area contributed by atoms with Crippen LogP contribution in [0, 0.1) is 6.92 Å². The monoisotopic (exact) mass is 552 g/mol. The van der Waals surface area contributed by atoms with Crippen LogP contribution in [0.3, 0.4) is 0 Å². The smallest absolute Gasteiger partial charge is 0.261 e. The number of hydrogen-bond donors (Lipinski definition) is 3. The first-order valence-corrected chi connectivity index (χ1v) is 15.2. The molecule has 0 saturated carbocycles. The first-order valence-electron chi connectivity index (χ1n) is 12.6. The average molecular weight is 553 g/mol. The van der Waals surface area contributed by atoms with E-state index in [0.29, 0.717) is 53.5 Å². The van der Waals surface area contributed by atoms with Gasteiger partial charge in [0.1, 0.15) is 11.4 Å². The molecule has 5 rings (SSSR count). The number of likely N-dealkylation sites (N-methyl/N-ethyl adjacent to an activating group) is 1. The van der Waals surface area contributed by atoms with Gasteiger partial charge in [0.15, 0.2) is 0 Å². The fourth-order valence-corrected chi connectivity index (χ4v) is 6.18. The van der Waals surface area contributed by atoms with Crippen molar-refractivity contribution in [2.45, 2.75) is 19.9 Å². The third-order valence-electron chi connectivity index (χ3n) is 6.93. The van der Waals surface area contributed by atoms with Gasteiger partial charge in [0, 0.05) is 72.2 Å². The van der Waals surface area contributed by atoms with Crippen LogP contribution in [0.1, 0.15) is 26.4 Å². The number of amides is 1. The Bertz CT molecular complexity index is 1560. The van der Waals surface area contributed by atoms with Crippen molar-refractivity contribution in [3.05, 3.63) is 67.8 Å². The molecule has 11 heteroatoms. The maximum atomic E-state index is 13.1. The van der Waals surface area contributed by atoms with Crippen molar-refractivity contribution in [3.63, 3.8) is 0 Å². The molecule has 1 aliphatic rings. The van der Waals surface area contributed by atoms with E-state index in [2.05, 4.69) is 38.6 Å². The molecule has 1 aromatic carbocycles. The quantitative estimate of drug-likeness (QED) is 0.263. The Morgan fingerprint density at radius 2 is 2.08 bits per heavy atom. The van der Waals surface area contributed by atoms with Crippen molar-refractivity contribution >= 4 is 44.8 Å². The number of rotatable bonds is 11. The third-order valence-corrected chi connectivity index (χ3v) is 8.77. The molecule has 0 saturated heterocycles. The SMILES string of the molecule is Cc1ccsc1CCNc1cc[nH]c(=O)c1-c1nc2cc3c(cc2[nH]1)CN(CCN(C)CCS(C)=O)C3=O. The van der Waals surface area contributed by atoms with Crippen LogP contribution < -0.4 is 10.9 Å². The van der Waals surface area contributed by atoms with Gasteiger partial charge in [0.25, 0.3) is 11.5 Å². The molecule has 4 heterocycles. The molecule has 1 amide bonds. The number of H-pyrrole nitrogens is 2. The van der Waals surface area contributed by atoms with Crippen molar-refractivity contribution in [2.75, 3.05) is 50.6 Å². The van der Waals surface area contributed by atoms with E-state index >= 15 is 0 Å². The molecule has 0 spiro atoms. The molecule has 0 bridgehead atoms. The molecule has 1 unspecified atom stereocenters. The highest BCUT2D eigenvalue weighted by Crippen LogP contribution is 2.30. The third kappa shape index (κ3) is 5.59. The molecule has 0 radical (unpaired) electrons. The van der Waals surface area contributed by atoms with Crippen molar-refractivity contribution in [1.82, 2.24) is 24.8 Å². The zero-order valence-electron chi connectivity index (χ0n) is 21.8. The highest BCUT2D eigenvalue weighted by Gasteiger charge is 2.28. The van der Waals surface area contributed by atoms with Crippen LogP contribution in [0.4, 0.5) is 5.69 Å². The number of aromatic nitrogens is 3. The Balaban J connectivity index is 1.32. The number of aryl methyl sites for hydroxylation is 1. The van der Waals surface area contributed by atoms with E-state index in [1.165, 1.54) is 10.4 Å². The molecule has 200 valence electrons. The zero-order chi connectivity index (χ0) is 26.8. The summed E-state index contributed by atoms with van der Waals surface area (Å²) in [4.78, 5) is 42.0. The Hall–Kier alpha value is -3.28. The predicted molar refractivity (Wildman–Crippen MR) is 155 cm³/mol. The van der Waals surface area contributed by atoms with Gasteiger partial charge >= 0.3 is 0 Å². The van der Waals surface area contributed by atoms with Crippen LogP contribution in [0.25, 0.3) is 22.4 Å². The van der Waals surface area contributed by atoms with Gasteiger partial charge in [-0.15, -0.1) is 11.3 Å². The van der Waals surface area contributed by atoms with E-state index < -0.39 is 10.8 Å². The lowest BCUT2D eigenvalue weighted by atomic mass is 10.1. The highest BCUT2D eigenvalue weighted by atomic mass is 32.2. The minimum atomic E-state index is -0.827. The summed E-state index contributed by atoms with van der Waals surface area (Å²) in [6.07, 6.45) is 4.21. The van der Waals surface area contributed by atoms with Crippen LogP contribution in [-0.4, -0.2) is 80.1 Å². The topological polar surface area (TPSA) is 114 Å². The maximum Gasteiger partial charge on any atom is 0.261 e. The van der Waals surface area contributed by atoms with E-state index in [1.54, 1.807) is 23.8 Å². The average Bonchev–Trinajstić information content (AvgIpc) is 3.57. The minimum absolute atomic E-state index is 0.0114. The van der Waals surface area contributed by atoms with Crippen LogP contribution >= 0.6 is 11.3 Å². The van der Waals surface area contributed by atoms with Crippen molar-refractivity contribution < 1.29 is 9.00 Å². The molecule has 1 aliphatic heterocycles. The Labute approximate surface area is 227 Å². The second-order valence-electron chi connectivity index (χ2n) is 9.72. The van der Waals surface area contributed by atoms with E-state index in [-0.39, 0.29) is 11.5 Å². The highest BCUT2D eigenvalue weighted by molar-refractivity contribution is 7.84. The number of carbonyl (C=O) groups is 1. The van der Waals surface area contributed by atoms with Crippen LogP contribution in [0.5, 0.6) is 0 Å². The fraction of sp³-hybridized carbons (Fsp3) is 0.370. The molecule has 38 heavy (non-hydrogen) atoms. The second kappa shape index (κ2) is 11.2. The van der Waals surface area contributed by atoms with Crippen molar-refractivity contribution in [3.8, 4) is 11.4 Å². The van der Waals surface area contributed by atoms with E-state index in [9.17, 15) is 13.8 Å². The molecule has 9 nitrogen and oxygen atoms in total. The molecular formula is C27H32N6O3S2.